The van der Waals surface area contributed by atoms with Crippen LogP contribution in [-0.2, 0) is 9.47 Å². The van der Waals surface area contributed by atoms with Gasteiger partial charge < -0.3 is 25.2 Å². The van der Waals surface area contributed by atoms with E-state index in [1.54, 1.807) is 31.2 Å². The van der Waals surface area contributed by atoms with Gasteiger partial charge in [0.25, 0.3) is 0 Å². The van der Waals surface area contributed by atoms with Crippen LogP contribution in [0.3, 0.4) is 0 Å². The van der Waals surface area contributed by atoms with Crippen LogP contribution in [0.4, 0.5) is 10.5 Å². The Balaban J connectivity index is 1.80. The highest BCUT2D eigenvalue weighted by atomic mass is 16.6. The molecule has 0 radical (unpaired) electrons. The molecule has 6 nitrogen and oxygen atoms in total. The summed E-state index contributed by atoms with van der Waals surface area (Å²) in [7, 11) is 0. The molecule has 2 unspecified atom stereocenters. The number of carbonyl (C=O) groups is 1. The van der Waals surface area contributed by atoms with Crippen LogP contribution in [0.15, 0.2) is 24.3 Å². The molecule has 0 aromatic heterocycles. The Kier molecular flexibility index (Phi) is 5.34. The van der Waals surface area contributed by atoms with Gasteiger partial charge in [0.1, 0.15) is 0 Å². The van der Waals surface area contributed by atoms with E-state index in [0.29, 0.717) is 32.1 Å². The first-order chi connectivity index (χ1) is 9.65. The van der Waals surface area contributed by atoms with Crippen LogP contribution in [0, 0.1) is 0 Å². The van der Waals surface area contributed by atoms with E-state index in [9.17, 15) is 9.90 Å². The molecule has 0 bridgehead atoms. The molecule has 6 heteroatoms. The van der Waals surface area contributed by atoms with Gasteiger partial charge in [0, 0.05) is 12.2 Å². The van der Waals surface area contributed by atoms with E-state index in [2.05, 4.69) is 10.6 Å². The lowest BCUT2D eigenvalue weighted by Gasteiger charge is -2.23. The second kappa shape index (κ2) is 7.23. The van der Waals surface area contributed by atoms with Crippen molar-refractivity contribution < 1.29 is 19.4 Å². The van der Waals surface area contributed by atoms with E-state index in [1.165, 1.54) is 0 Å². The number of amides is 2. The second-order valence-electron chi connectivity index (χ2n) is 4.70. The molecule has 20 heavy (non-hydrogen) atoms. The normalized spacial score (nSPS) is 20.2. The molecule has 1 heterocycles. The highest BCUT2D eigenvalue weighted by molar-refractivity contribution is 5.89. The molecular formula is C14H20N2O4. The number of nitrogens with one attached hydrogen (secondary N) is 2. The minimum atomic E-state index is -0.562. The predicted octanol–water partition coefficient (Wildman–Crippen LogP) is 1.28. The Bertz CT molecular complexity index is 445. The monoisotopic (exact) mass is 280 g/mol. The maximum absolute atomic E-state index is 11.8. The van der Waals surface area contributed by atoms with Crippen LogP contribution in [0.2, 0.25) is 0 Å². The van der Waals surface area contributed by atoms with Gasteiger partial charge in [-0.2, -0.15) is 0 Å². The van der Waals surface area contributed by atoms with Crippen LogP contribution in [0.1, 0.15) is 18.6 Å². The van der Waals surface area contributed by atoms with Crippen molar-refractivity contribution in [2.45, 2.75) is 19.1 Å². The summed E-state index contributed by atoms with van der Waals surface area (Å²) in [4.78, 5) is 11.8. The number of aliphatic hydroxyl groups excluding tert-OH is 1. The highest BCUT2D eigenvalue weighted by Gasteiger charge is 2.15. The third kappa shape index (κ3) is 4.48. The first-order valence-electron chi connectivity index (χ1n) is 6.67. The molecule has 2 atom stereocenters. The van der Waals surface area contributed by atoms with Gasteiger partial charge >= 0.3 is 6.03 Å². The minimum absolute atomic E-state index is 0.0988. The minimum Gasteiger partial charge on any atom is -0.389 e. The predicted molar refractivity (Wildman–Crippen MR) is 74.7 cm³/mol. The van der Waals surface area contributed by atoms with Crippen molar-refractivity contribution in [2.75, 3.05) is 31.7 Å². The van der Waals surface area contributed by atoms with Gasteiger partial charge in [-0.15, -0.1) is 0 Å². The van der Waals surface area contributed by atoms with Crippen molar-refractivity contribution in [1.82, 2.24) is 5.32 Å². The van der Waals surface area contributed by atoms with Gasteiger partial charge in [0.15, 0.2) is 0 Å². The van der Waals surface area contributed by atoms with Gasteiger partial charge in [-0.25, -0.2) is 4.79 Å². The Morgan fingerprint density at radius 3 is 3.05 bits per heavy atom. The standard InChI is InChI=1S/C14H20N2O4/c1-10(17)11-3-2-4-12(7-11)16-14(18)15-8-13-9-19-5-6-20-13/h2-4,7,10,13,17H,5-6,8-9H2,1H3,(H2,15,16,18). The van der Waals surface area contributed by atoms with Crippen LogP contribution in [-0.4, -0.2) is 43.6 Å². The number of benzene rings is 1. The van der Waals surface area contributed by atoms with Crippen molar-refractivity contribution in [2.24, 2.45) is 0 Å². The average molecular weight is 280 g/mol. The van der Waals surface area contributed by atoms with E-state index in [0.717, 1.165) is 5.56 Å². The first kappa shape index (κ1) is 14.8. The van der Waals surface area contributed by atoms with E-state index >= 15 is 0 Å². The fourth-order valence-electron chi connectivity index (χ4n) is 1.91. The number of hydrogen-bond donors (Lipinski definition) is 3. The number of ether oxygens (including phenoxy) is 2. The smallest absolute Gasteiger partial charge is 0.319 e. The van der Waals surface area contributed by atoms with Gasteiger partial charge in [-0.3, -0.25) is 0 Å². The number of rotatable bonds is 4. The van der Waals surface area contributed by atoms with Crippen molar-refractivity contribution in [1.29, 1.82) is 0 Å². The van der Waals surface area contributed by atoms with Crippen molar-refractivity contribution in [3.63, 3.8) is 0 Å². The van der Waals surface area contributed by atoms with Crippen LogP contribution in [0.5, 0.6) is 0 Å². The maximum atomic E-state index is 11.8. The molecule has 1 aliphatic heterocycles. The lowest BCUT2D eigenvalue weighted by molar-refractivity contribution is -0.0852. The molecule has 1 aromatic rings. The Labute approximate surface area is 118 Å². The third-order valence-electron chi connectivity index (χ3n) is 3.00. The maximum Gasteiger partial charge on any atom is 0.319 e. The number of hydrogen-bond acceptors (Lipinski definition) is 4. The third-order valence-corrected chi connectivity index (χ3v) is 3.00. The SMILES string of the molecule is CC(O)c1cccc(NC(=O)NCC2COCCO2)c1. The molecule has 2 rings (SSSR count). The van der Waals surface area contributed by atoms with E-state index in [1.807, 2.05) is 0 Å². The summed E-state index contributed by atoms with van der Waals surface area (Å²) in [6, 6.07) is 6.80. The Hall–Kier alpha value is -1.63. The van der Waals surface area contributed by atoms with E-state index in [-0.39, 0.29) is 12.1 Å². The molecule has 110 valence electrons. The molecular weight excluding hydrogens is 260 g/mol. The quantitative estimate of drug-likeness (QED) is 0.776. The van der Waals surface area contributed by atoms with Crippen molar-refractivity contribution in [3.05, 3.63) is 29.8 Å². The average Bonchev–Trinajstić information content (AvgIpc) is 2.46. The van der Waals surface area contributed by atoms with Crippen molar-refractivity contribution >= 4 is 11.7 Å². The summed E-state index contributed by atoms with van der Waals surface area (Å²) < 4.78 is 10.7. The molecule has 2 amide bonds. The molecule has 0 aliphatic carbocycles. The van der Waals surface area contributed by atoms with Crippen LogP contribution < -0.4 is 10.6 Å². The summed E-state index contributed by atoms with van der Waals surface area (Å²) in [6.07, 6.45) is -0.661. The highest BCUT2D eigenvalue weighted by Crippen LogP contribution is 2.16. The van der Waals surface area contributed by atoms with E-state index in [4.69, 9.17) is 9.47 Å². The van der Waals surface area contributed by atoms with Gasteiger partial charge in [0.2, 0.25) is 0 Å². The number of urea groups is 1. The first-order valence-corrected chi connectivity index (χ1v) is 6.67. The summed E-state index contributed by atoms with van der Waals surface area (Å²) in [5.41, 5.74) is 1.40. The van der Waals surface area contributed by atoms with Gasteiger partial charge in [-0.05, 0) is 24.6 Å². The summed E-state index contributed by atoms with van der Waals surface area (Å²) in [6.45, 7) is 3.75. The van der Waals surface area contributed by atoms with Crippen molar-refractivity contribution in [3.8, 4) is 0 Å². The zero-order valence-electron chi connectivity index (χ0n) is 11.5. The number of anilines is 1. The molecule has 1 aliphatic rings. The molecule has 3 N–H and O–H groups in total. The van der Waals surface area contributed by atoms with Crippen LogP contribution in [0.25, 0.3) is 0 Å². The molecule has 1 aromatic carbocycles. The van der Waals surface area contributed by atoms with E-state index < -0.39 is 6.10 Å². The molecule has 0 saturated carbocycles. The fraction of sp³-hybridized carbons (Fsp3) is 0.500. The fourth-order valence-corrected chi connectivity index (χ4v) is 1.91. The topological polar surface area (TPSA) is 79.8 Å². The Morgan fingerprint density at radius 1 is 1.50 bits per heavy atom. The zero-order valence-corrected chi connectivity index (χ0v) is 11.5. The number of carbonyl (C=O) groups excluding carboxylic acids is 1. The van der Waals surface area contributed by atoms with Gasteiger partial charge in [0.05, 0.1) is 32.0 Å². The molecule has 1 fully saturated rings. The molecule has 1 saturated heterocycles. The summed E-state index contributed by atoms with van der Waals surface area (Å²) in [5, 5.41) is 14.9. The number of aliphatic hydroxyl groups is 1. The largest absolute Gasteiger partial charge is 0.389 e. The lowest BCUT2D eigenvalue weighted by Crippen LogP contribution is -2.41. The lowest BCUT2D eigenvalue weighted by atomic mass is 10.1. The van der Waals surface area contributed by atoms with Gasteiger partial charge in [-0.1, -0.05) is 12.1 Å². The summed E-state index contributed by atoms with van der Waals surface area (Å²) in [5.74, 6) is 0. The zero-order chi connectivity index (χ0) is 14.4. The second-order valence-corrected chi connectivity index (χ2v) is 4.70. The van der Waals surface area contributed by atoms with Crippen LogP contribution >= 0.6 is 0 Å². The Morgan fingerprint density at radius 2 is 2.35 bits per heavy atom. The summed E-state index contributed by atoms with van der Waals surface area (Å²) >= 11 is 0. The molecule has 0 spiro atoms.